The standard InChI is InChI=1S/C14H23NO3S/c1-4-15(11-8-6-5-7-9-11)12(16)10-19-14(2,3)13(17)18/h8H,4-7,9-10H2,1-3H3,(H,17,18). The molecule has 0 aliphatic heterocycles. The van der Waals surface area contributed by atoms with Crippen LogP contribution in [0.15, 0.2) is 11.8 Å². The molecule has 0 unspecified atom stereocenters. The van der Waals surface area contributed by atoms with Crippen molar-refractivity contribution in [2.75, 3.05) is 12.3 Å². The van der Waals surface area contributed by atoms with E-state index in [1.165, 1.54) is 18.2 Å². The Morgan fingerprint density at radius 1 is 1.42 bits per heavy atom. The number of carbonyl (C=O) groups is 2. The van der Waals surface area contributed by atoms with E-state index in [2.05, 4.69) is 6.08 Å². The van der Waals surface area contributed by atoms with Gasteiger partial charge < -0.3 is 10.0 Å². The molecule has 0 aromatic carbocycles. The van der Waals surface area contributed by atoms with Gasteiger partial charge in [-0.2, -0.15) is 0 Å². The summed E-state index contributed by atoms with van der Waals surface area (Å²) in [4.78, 5) is 25.0. The van der Waals surface area contributed by atoms with Crippen molar-refractivity contribution in [2.24, 2.45) is 0 Å². The zero-order chi connectivity index (χ0) is 14.5. The smallest absolute Gasteiger partial charge is 0.319 e. The summed E-state index contributed by atoms with van der Waals surface area (Å²) in [5, 5.41) is 9.04. The van der Waals surface area contributed by atoms with Gasteiger partial charge in [-0.1, -0.05) is 6.08 Å². The van der Waals surface area contributed by atoms with Gasteiger partial charge in [0.1, 0.15) is 4.75 Å². The van der Waals surface area contributed by atoms with Gasteiger partial charge in [0.2, 0.25) is 5.91 Å². The maximum absolute atomic E-state index is 12.2. The number of aliphatic carboxylic acids is 1. The molecule has 0 saturated heterocycles. The average Bonchev–Trinajstić information content (AvgIpc) is 2.38. The van der Waals surface area contributed by atoms with E-state index < -0.39 is 10.7 Å². The van der Waals surface area contributed by atoms with Crippen LogP contribution in [0.5, 0.6) is 0 Å². The first-order valence-corrected chi connectivity index (χ1v) is 7.73. The molecule has 1 aliphatic carbocycles. The number of rotatable bonds is 6. The molecule has 0 fully saturated rings. The molecular weight excluding hydrogens is 262 g/mol. The van der Waals surface area contributed by atoms with Crippen molar-refractivity contribution in [3.8, 4) is 0 Å². The number of thioether (sulfide) groups is 1. The summed E-state index contributed by atoms with van der Waals surface area (Å²) >= 11 is 1.18. The van der Waals surface area contributed by atoms with Crippen LogP contribution in [0, 0.1) is 0 Å². The van der Waals surface area contributed by atoms with Crippen molar-refractivity contribution < 1.29 is 14.7 Å². The molecule has 4 nitrogen and oxygen atoms in total. The van der Waals surface area contributed by atoms with Crippen molar-refractivity contribution >= 4 is 23.6 Å². The lowest BCUT2D eigenvalue weighted by Crippen LogP contribution is -2.35. The molecule has 0 saturated carbocycles. The van der Waals surface area contributed by atoms with Crippen LogP contribution in [0.2, 0.25) is 0 Å². The lowest BCUT2D eigenvalue weighted by Gasteiger charge is -2.27. The Bertz CT molecular complexity index is 377. The van der Waals surface area contributed by atoms with Crippen LogP contribution in [0.3, 0.4) is 0 Å². The molecule has 5 heteroatoms. The molecule has 1 amide bonds. The Hall–Kier alpha value is -0.970. The summed E-state index contributed by atoms with van der Waals surface area (Å²) in [5.74, 6) is -0.662. The van der Waals surface area contributed by atoms with E-state index >= 15 is 0 Å². The summed E-state index contributed by atoms with van der Waals surface area (Å²) in [6, 6.07) is 0. The summed E-state index contributed by atoms with van der Waals surface area (Å²) in [6.45, 7) is 5.87. The lowest BCUT2D eigenvalue weighted by molar-refractivity contribution is -0.138. The molecule has 1 N–H and O–H groups in total. The predicted octanol–water partition coefficient (Wildman–Crippen LogP) is 2.89. The van der Waals surface area contributed by atoms with Crippen LogP contribution in [-0.4, -0.2) is 38.9 Å². The average molecular weight is 285 g/mol. The summed E-state index contributed by atoms with van der Waals surface area (Å²) in [6.07, 6.45) is 6.44. The molecule has 0 aromatic heterocycles. The highest BCUT2D eigenvalue weighted by Gasteiger charge is 2.29. The Kier molecular flexibility index (Phi) is 5.91. The molecule has 0 bridgehead atoms. The van der Waals surface area contributed by atoms with Crippen molar-refractivity contribution in [1.82, 2.24) is 4.90 Å². The molecule has 0 atom stereocenters. The summed E-state index contributed by atoms with van der Waals surface area (Å²) < 4.78 is -0.921. The Balaban J connectivity index is 2.60. The molecule has 1 rings (SSSR count). The number of hydrogen-bond donors (Lipinski definition) is 1. The quantitative estimate of drug-likeness (QED) is 0.815. The van der Waals surface area contributed by atoms with Gasteiger partial charge in [-0.15, -0.1) is 11.8 Å². The van der Waals surface area contributed by atoms with Gasteiger partial charge in [-0.25, -0.2) is 0 Å². The largest absolute Gasteiger partial charge is 0.480 e. The van der Waals surface area contributed by atoms with E-state index in [0.717, 1.165) is 25.0 Å². The number of carboxylic acid groups (broad SMARTS) is 1. The molecule has 19 heavy (non-hydrogen) atoms. The monoisotopic (exact) mass is 285 g/mol. The van der Waals surface area contributed by atoms with E-state index in [4.69, 9.17) is 5.11 Å². The highest BCUT2D eigenvalue weighted by Crippen LogP contribution is 2.26. The van der Waals surface area contributed by atoms with Crippen molar-refractivity contribution in [3.63, 3.8) is 0 Å². The third-order valence-electron chi connectivity index (χ3n) is 3.30. The fraction of sp³-hybridized carbons (Fsp3) is 0.714. The van der Waals surface area contributed by atoms with Crippen LogP contribution in [-0.2, 0) is 9.59 Å². The highest BCUT2D eigenvalue weighted by atomic mass is 32.2. The second-order valence-corrected chi connectivity index (χ2v) is 6.78. The van der Waals surface area contributed by atoms with Gasteiger partial charge >= 0.3 is 5.97 Å². The van der Waals surface area contributed by atoms with E-state index in [1.54, 1.807) is 18.7 Å². The van der Waals surface area contributed by atoms with Gasteiger partial charge in [0.25, 0.3) is 0 Å². The van der Waals surface area contributed by atoms with Gasteiger partial charge in [0.05, 0.1) is 5.75 Å². The first-order chi connectivity index (χ1) is 8.88. The van der Waals surface area contributed by atoms with Crippen molar-refractivity contribution in [2.45, 2.75) is 51.2 Å². The maximum Gasteiger partial charge on any atom is 0.319 e. The van der Waals surface area contributed by atoms with Crippen molar-refractivity contribution in [3.05, 3.63) is 11.8 Å². The molecule has 0 spiro atoms. The van der Waals surface area contributed by atoms with Gasteiger partial charge in [0.15, 0.2) is 0 Å². The zero-order valence-electron chi connectivity index (χ0n) is 11.9. The van der Waals surface area contributed by atoms with E-state index in [-0.39, 0.29) is 11.7 Å². The van der Waals surface area contributed by atoms with Crippen LogP contribution >= 0.6 is 11.8 Å². The number of hydrogen-bond acceptors (Lipinski definition) is 3. The maximum atomic E-state index is 12.2. The fourth-order valence-electron chi connectivity index (χ4n) is 1.99. The van der Waals surface area contributed by atoms with E-state index in [9.17, 15) is 9.59 Å². The normalized spacial score (nSPS) is 15.8. The fourth-order valence-corrected chi connectivity index (χ4v) is 2.75. The Morgan fingerprint density at radius 3 is 2.58 bits per heavy atom. The lowest BCUT2D eigenvalue weighted by atomic mass is 10.0. The minimum absolute atomic E-state index is 0.00924. The number of allylic oxidation sites excluding steroid dienone is 2. The van der Waals surface area contributed by atoms with Gasteiger partial charge in [-0.05, 0) is 46.5 Å². The second kappa shape index (κ2) is 6.98. The molecule has 0 radical (unpaired) electrons. The number of carbonyl (C=O) groups excluding carboxylic acids is 1. The molecule has 0 heterocycles. The Morgan fingerprint density at radius 2 is 2.11 bits per heavy atom. The third-order valence-corrected chi connectivity index (χ3v) is 4.59. The van der Waals surface area contributed by atoms with Crippen LogP contribution in [0.1, 0.15) is 46.5 Å². The topological polar surface area (TPSA) is 57.6 Å². The summed E-state index contributed by atoms with van der Waals surface area (Å²) in [5.41, 5.74) is 1.10. The van der Waals surface area contributed by atoms with Crippen LogP contribution in [0.25, 0.3) is 0 Å². The third kappa shape index (κ3) is 4.56. The van der Waals surface area contributed by atoms with Gasteiger partial charge in [-0.3, -0.25) is 9.59 Å². The van der Waals surface area contributed by atoms with Gasteiger partial charge in [0, 0.05) is 12.2 Å². The van der Waals surface area contributed by atoms with Crippen LogP contribution < -0.4 is 0 Å². The highest BCUT2D eigenvalue weighted by molar-refractivity contribution is 8.01. The number of nitrogens with zero attached hydrogens (tertiary/aromatic N) is 1. The Labute approximate surface area is 119 Å². The molecule has 108 valence electrons. The molecule has 0 aromatic rings. The first-order valence-electron chi connectivity index (χ1n) is 6.75. The minimum Gasteiger partial charge on any atom is -0.480 e. The number of amides is 1. The minimum atomic E-state index is -0.921. The first kappa shape index (κ1) is 16.1. The van der Waals surface area contributed by atoms with E-state index in [1.807, 2.05) is 6.92 Å². The SMILES string of the molecule is CCN(C(=O)CSC(C)(C)C(=O)O)C1=CCCCC1. The second-order valence-electron chi connectivity index (χ2n) is 5.18. The van der Waals surface area contributed by atoms with Crippen LogP contribution in [0.4, 0.5) is 0 Å². The molecular formula is C14H23NO3S. The predicted molar refractivity (Wildman–Crippen MR) is 78.1 cm³/mol. The summed E-state index contributed by atoms with van der Waals surface area (Å²) in [7, 11) is 0. The zero-order valence-corrected chi connectivity index (χ0v) is 12.8. The van der Waals surface area contributed by atoms with Crippen molar-refractivity contribution in [1.29, 1.82) is 0 Å². The van der Waals surface area contributed by atoms with E-state index in [0.29, 0.717) is 6.54 Å². The number of carboxylic acids is 1. The molecule has 1 aliphatic rings.